The van der Waals surface area contributed by atoms with E-state index in [9.17, 15) is 9.59 Å². The molecule has 0 aliphatic carbocycles. The number of amides is 1. The normalized spacial score (nSPS) is 11.0. The first-order valence-corrected chi connectivity index (χ1v) is 9.79. The van der Waals surface area contributed by atoms with Crippen LogP contribution in [-0.2, 0) is 9.53 Å². The number of nitrogens with zero attached hydrogens (tertiary/aromatic N) is 1. The van der Waals surface area contributed by atoms with E-state index in [0.717, 1.165) is 11.3 Å². The van der Waals surface area contributed by atoms with E-state index in [1.54, 1.807) is 30.3 Å². The molecule has 0 saturated heterocycles. The van der Waals surface area contributed by atoms with Gasteiger partial charge in [-0.1, -0.05) is 30.3 Å². The Morgan fingerprint density at radius 1 is 1.00 bits per heavy atom. The van der Waals surface area contributed by atoms with Crippen molar-refractivity contribution < 1.29 is 14.3 Å². The van der Waals surface area contributed by atoms with Crippen LogP contribution < -0.4 is 10.2 Å². The summed E-state index contributed by atoms with van der Waals surface area (Å²) >= 11 is 11.7. The van der Waals surface area contributed by atoms with Crippen LogP contribution in [0.4, 0.5) is 5.69 Å². The molecule has 7 heteroatoms. The zero-order chi connectivity index (χ0) is 20.4. The summed E-state index contributed by atoms with van der Waals surface area (Å²) in [7, 11) is 1.27. The van der Waals surface area contributed by atoms with Crippen LogP contribution in [0, 0.1) is 0 Å². The molecule has 0 fully saturated rings. The predicted octanol–water partition coefficient (Wildman–Crippen LogP) is 3.91. The number of hydrogen-bond donors (Lipinski definition) is 1. The van der Waals surface area contributed by atoms with Crippen LogP contribution in [0.1, 0.15) is 15.9 Å². The topological polar surface area (TPSA) is 58.6 Å². The fourth-order valence-electron chi connectivity index (χ4n) is 2.56. The Hall–Kier alpha value is -2.50. The van der Waals surface area contributed by atoms with Crippen molar-refractivity contribution in [3.8, 4) is 0 Å². The highest BCUT2D eigenvalue weighted by Gasteiger charge is 2.15. The van der Waals surface area contributed by atoms with Crippen molar-refractivity contribution in [2.24, 2.45) is 0 Å². The summed E-state index contributed by atoms with van der Waals surface area (Å²) in [5.41, 5.74) is 2.23. The number of esters is 1. The molecule has 1 N–H and O–H groups in total. The van der Waals surface area contributed by atoms with Gasteiger partial charge in [-0.3, -0.25) is 4.79 Å². The third kappa shape index (κ3) is 6.29. The van der Waals surface area contributed by atoms with E-state index < -0.39 is 5.97 Å². The highest BCUT2D eigenvalue weighted by atomic mass is 35.5. The minimum atomic E-state index is -0.626. The predicted molar refractivity (Wildman–Crippen MR) is 114 cm³/mol. The Morgan fingerprint density at radius 2 is 1.61 bits per heavy atom. The maximum absolute atomic E-state index is 12.4. The van der Waals surface area contributed by atoms with Gasteiger partial charge in [-0.2, -0.15) is 0 Å². The number of nitrogens with one attached hydrogen (secondary N) is 1. The summed E-state index contributed by atoms with van der Waals surface area (Å²) in [6.07, 6.45) is 1.57. The fourth-order valence-corrected chi connectivity index (χ4v) is 2.97. The number of hydrogen-bond acceptors (Lipinski definition) is 4. The monoisotopic (exact) mass is 420 g/mol. The molecule has 0 aliphatic rings. The fraction of sp³-hybridized carbons (Fsp3) is 0.238. The van der Waals surface area contributed by atoms with Gasteiger partial charge in [0.25, 0.3) is 5.91 Å². The van der Waals surface area contributed by atoms with Crippen LogP contribution in [0.15, 0.2) is 60.3 Å². The number of anilines is 1. The highest BCUT2D eigenvalue weighted by Crippen LogP contribution is 2.17. The van der Waals surface area contributed by atoms with E-state index in [1.807, 2.05) is 30.3 Å². The molecule has 0 radical (unpaired) electrons. The first kappa shape index (κ1) is 21.8. The van der Waals surface area contributed by atoms with Crippen LogP contribution in [0.25, 0.3) is 6.08 Å². The second-order valence-corrected chi connectivity index (χ2v) is 6.58. The summed E-state index contributed by atoms with van der Waals surface area (Å²) in [4.78, 5) is 26.5. The quantitative estimate of drug-likeness (QED) is 0.379. The molecule has 0 aromatic heterocycles. The molecule has 2 aromatic carbocycles. The molecule has 0 atom stereocenters. The highest BCUT2D eigenvalue weighted by molar-refractivity contribution is 6.18. The van der Waals surface area contributed by atoms with Crippen molar-refractivity contribution in [1.82, 2.24) is 5.32 Å². The van der Waals surface area contributed by atoms with Crippen LogP contribution in [0.2, 0.25) is 0 Å². The molecule has 0 saturated carbocycles. The molecular formula is C21H22Cl2N2O3. The lowest BCUT2D eigenvalue weighted by Gasteiger charge is -2.22. The van der Waals surface area contributed by atoms with Crippen LogP contribution in [-0.4, -0.2) is 43.8 Å². The average Bonchev–Trinajstić information content (AvgIpc) is 2.73. The summed E-state index contributed by atoms with van der Waals surface area (Å²) < 4.78 is 4.79. The average molecular weight is 421 g/mol. The molecule has 0 aliphatic heterocycles. The van der Waals surface area contributed by atoms with Crippen LogP contribution >= 0.6 is 23.2 Å². The van der Waals surface area contributed by atoms with Crippen molar-refractivity contribution in [3.63, 3.8) is 0 Å². The first-order valence-electron chi connectivity index (χ1n) is 8.72. The SMILES string of the molecule is COC(=O)/C(=C/c1ccc(N(CCCl)CCCl)cc1)NC(=O)c1ccccc1. The number of benzene rings is 2. The minimum absolute atomic E-state index is 0.0578. The number of alkyl halides is 2. The number of carbonyl (C=O) groups is 2. The van der Waals surface area contributed by atoms with E-state index in [4.69, 9.17) is 27.9 Å². The van der Waals surface area contributed by atoms with Crippen molar-refractivity contribution >= 4 is 46.8 Å². The Labute approximate surface area is 174 Å². The Balaban J connectivity index is 2.21. The van der Waals surface area contributed by atoms with Gasteiger partial charge in [-0.15, -0.1) is 23.2 Å². The summed E-state index contributed by atoms with van der Waals surface area (Å²) in [6.45, 7) is 1.37. The maximum atomic E-state index is 12.4. The third-order valence-electron chi connectivity index (χ3n) is 3.97. The van der Waals surface area contributed by atoms with Gasteiger partial charge in [-0.05, 0) is 35.9 Å². The Kier molecular flexibility index (Phi) is 8.85. The summed E-state index contributed by atoms with van der Waals surface area (Å²) in [5, 5.41) is 2.61. The molecule has 1 amide bonds. The smallest absolute Gasteiger partial charge is 0.354 e. The number of rotatable bonds is 9. The van der Waals surface area contributed by atoms with Crippen molar-refractivity contribution in [3.05, 3.63) is 71.4 Å². The zero-order valence-electron chi connectivity index (χ0n) is 15.5. The molecule has 0 heterocycles. The molecular weight excluding hydrogens is 399 g/mol. The Morgan fingerprint density at radius 3 is 2.14 bits per heavy atom. The van der Waals surface area contributed by atoms with Crippen molar-refractivity contribution in [2.75, 3.05) is 36.9 Å². The summed E-state index contributed by atoms with van der Waals surface area (Å²) in [5.74, 6) is -0.0175. The number of ether oxygens (including phenoxy) is 1. The second kappa shape index (κ2) is 11.4. The van der Waals surface area contributed by atoms with Gasteiger partial charge in [0.1, 0.15) is 5.70 Å². The lowest BCUT2D eigenvalue weighted by atomic mass is 10.1. The van der Waals surface area contributed by atoms with Gasteiger partial charge in [-0.25, -0.2) is 4.79 Å². The molecule has 5 nitrogen and oxygen atoms in total. The van der Waals surface area contributed by atoms with Crippen molar-refractivity contribution in [2.45, 2.75) is 0 Å². The zero-order valence-corrected chi connectivity index (χ0v) is 17.0. The first-order chi connectivity index (χ1) is 13.6. The molecule has 2 aromatic rings. The van der Waals surface area contributed by atoms with Gasteiger partial charge in [0.15, 0.2) is 0 Å². The molecule has 0 unspecified atom stereocenters. The number of carbonyl (C=O) groups excluding carboxylic acids is 2. The standard InChI is InChI=1S/C21H22Cl2N2O3/c1-28-21(27)19(24-20(26)17-5-3-2-4-6-17)15-16-7-9-18(10-8-16)25(13-11-22)14-12-23/h2-10,15H,11-14H2,1H3,(H,24,26)/b19-15-. The minimum Gasteiger partial charge on any atom is -0.464 e. The second-order valence-electron chi connectivity index (χ2n) is 5.83. The van der Waals surface area contributed by atoms with Gasteiger partial charge in [0, 0.05) is 36.1 Å². The van der Waals surface area contributed by atoms with Gasteiger partial charge in [0.05, 0.1) is 7.11 Å². The van der Waals surface area contributed by atoms with Crippen LogP contribution in [0.5, 0.6) is 0 Å². The van der Waals surface area contributed by atoms with E-state index in [2.05, 4.69) is 10.2 Å². The lowest BCUT2D eigenvalue weighted by molar-refractivity contribution is -0.136. The molecule has 0 bridgehead atoms. The van der Waals surface area contributed by atoms with Gasteiger partial charge in [0.2, 0.25) is 0 Å². The number of halogens is 2. The number of methoxy groups -OCH3 is 1. The van der Waals surface area contributed by atoms with Crippen LogP contribution in [0.3, 0.4) is 0 Å². The lowest BCUT2D eigenvalue weighted by Crippen LogP contribution is -2.28. The molecule has 2 rings (SSSR count). The van der Waals surface area contributed by atoms with E-state index in [0.29, 0.717) is 30.4 Å². The molecule has 148 valence electrons. The molecule has 0 spiro atoms. The third-order valence-corrected chi connectivity index (χ3v) is 4.31. The van der Waals surface area contributed by atoms with Gasteiger partial charge < -0.3 is 15.0 Å². The van der Waals surface area contributed by atoms with E-state index in [-0.39, 0.29) is 11.6 Å². The maximum Gasteiger partial charge on any atom is 0.354 e. The molecule has 28 heavy (non-hydrogen) atoms. The van der Waals surface area contributed by atoms with Gasteiger partial charge >= 0.3 is 5.97 Å². The van der Waals surface area contributed by atoms with E-state index in [1.165, 1.54) is 7.11 Å². The largest absolute Gasteiger partial charge is 0.464 e. The summed E-state index contributed by atoms with van der Waals surface area (Å²) in [6, 6.07) is 16.2. The Bertz CT molecular complexity index is 802. The van der Waals surface area contributed by atoms with Crippen molar-refractivity contribution in [1.29, 1.82) is 0 Å². The van der Waals surface area contributed by atoms with E-state index >= 15 is 0 Å².